The Kier molecular flexibility index (Phi) is 6.71. The van der Waals surface area contributed by atoms with Gasteiger partial charge in [-0.2, -0.15) is 0 Å². The van der Waals surface area contributed by atoms with Crippen LogP contribution in [0.3, 0.4) is 0 Å². The zero-order chi connectivity index (χ0) is 18.2. The van der Waals surface area contributed by atoms with Crippen LogP contribution in [-0.2, 0) is 11.2 Å². The molecule has 0 aliphatic carbocycles. The fourth-order valence-electron chi connectivity index (χ4n) is 2.90. The van der Waals surface area contributed by atoms with Crippen LogP contribution >= 0.6 is 11.3 Å². The van der Waals surface area contributed by atoms with E-state index in [1.165, 1.54) is 19.3 Å². The molecule has 0 spiro atoms. The van der Waals surface area contributed by atoms with Gasteiger partial charge in [-0.15, -0.1) is 11.3 Å². The normalized spacial score (nSPS) is 14.1. The summed E-state index contributed by atoms with van der Waals surface area (Å²) in [5.41, 5.74) is 1.03. The standard InChI is InChI=1S/C19H25N3O3S/c1-24-16-7-3-4-8-17(16)25-13-18(23)20-10-9-15-14-26-19(21-15)22-11-5-2-6-12-22/h3-4,7-8,14H,2,5-6,9-13H2,1H3,(H,20,23). The third-order valence-electron chi connectivity index (χ3n) is 4.30. The van der Waals surface area contributed by atoms with Crippen LogP contribution in [0.5, 0.6) is 11.5 Å². The SMILES string of the molecule is COc1ccccc1OCC(=O)NCCc1csc(N2CCCCC2)n1. The van der Waals surface area contributed by atoms with Crippen LogP contribution in [0.1, 0.15) is 25.0 Å². The number of para-hydroxylation sites is 2. The van der Waals surface area contributed by atoms with E-state index >= 15 is 0 Å². The zero-order valence-electron chi connectivity index (χ0n) is 15.1. The Hall–Kier alpha value is -2.28. The summed E-state index contributed by atoms with van der Waals surface area (Å²) in [6, 6.07) is 7.29. The van der Waals surface area contributed by atoms with Gasteiger partial charge in [-0.25, -0.2) is 4.98 Å². The number of aromatic nitrogens is 1. The maximum Gasteiger partial charge on any atom is 0.257 e. The molecule has 6 nitrogen and oxygen atoms in total. The van der Waals surface area contributed by atoms with Crippen molar-refractivity contribution in [3.05, 3.63) is 35.3 Å². The third-order valence-corrected chi connectivity index (χ3v) is 5.25. The Balaban J connectivity index is 1.39. The first-order valence-electron chi connectivity index (χ1n) is 8.98. The number of nitrogens with one attached hydrogen (secondary N) is 1. The van der Waals surface area contributed by atoms with Crippen molar-refractivity contribution >= 4 is 22.4 Å². The molecule has 0 bridgehead atoms. The summed E-state index contributed by atoms with van der Waals surface area (Å²) < 4.78 is 10.7. The van der Waals surface area contributed by atoms with Crippen molar-refractivity contribution in [1.82, 2.24) is 10.3 Å². The number of hydrogen-bond acceptors (Lipinski definition) is 6. The second kappa shape index (κ2) is 9.43. The maximum atomic E-state index is 12.0. The minimum Gasteiger partial charge on any atom is -0.493 e. The molecule has 1 N–H and O–H groups in total. The summed E-state index contributed by atoms with van der Waals surface area (Å²) in [7, 11) is 1.58. The number of anilines is 1. The van der Waals surface area contributed by atoms with Gasteiger partial charge in [-0.1, -0.05) is 12.1 Å². The Bertz CT molecular complexity index is 714. The highest BCUT2D eigenvalue weighted by molar-refractivity contribution is 7.13. The predicted molar refractivity (Wildman–Crippen MR) is 103 cm³/mol. The van der Waals surface area contributed by atoms with E-state index in [0.717, 1.165) is 30.3 Å². The first-order chi connectivity index (χ1) is 12.8. The quantitative estimate of drug-likeness (QED) is 0.769. The number of rotatable bonds is 8. The van der Waals surface area contributed by atoms with Crippen LogP contribution in [0.2, 0.25) is 0 Å². The van der Waals surface area contributed by atoms with Crippen molar-refractivity contribution in [2.75, 3.05) is 38.3 Å². The van der Waals surface area contributed by atoms with Crippen LogP contribution in [-0.4, -0.2) is 44.2 Å². The average molecular weight is 375 g/mol. The van der Waals surface area contributed by atoms with Gasteiger partial charge in [-0.05, 0) is 31.4 Å². The molecule has 1 aromatic carbocycles. The number of carbonyl (C=O) groups excluding carboxylic acids is 1. The monoisotopic (exact) mass is 375 g/mol. The molecule has 1 amide bonds. The zero-order valence-corrected chi connectivity index (χ0v) is 15.9. The van der Waals surface area contributed by atoms with Crippen molar-refractivity contribution in [2.24, 2.45) is 0 Å². The second-order valence-electron chi connectivity index (χ2n) is 6.21. The van der Waals surface area contributed by atoms with E-state index in [4.69, 9.17) is 14.5 Å². The van der Waals surface area contributed by atoms with E-state index in [2.05, 4.69) is 15.6 Å². The lowest BCUT2D eigenvalue weighted by Gasteiger charge is -2.25. The fourth-order valence-corrected chi connectivity index (χ4v) is 3.82. The van der Waals surface area contributed by atoms with Gasteiger partial charge in [0.25, 0.3) is 5.91 Å². The van der Waals surface area contributed by atoms with Gasteiger partial charge in [0.1, 0.15) is 0 Å². The van der Waals surface area contributed by atoms with Gasteiger partial charge in [0.05, 0.1) is 12.8 Å². The number of methoxy groups -OCH3 is 1. The molecule has 1 aromatic heterocycles. The minimum atomic E-state index is -0.151. The highest BCUT2D eigenvalue weighted by atomic mass is 32.1. The molecule has 0 atom stereocenters. The number of benzene rings is 1. The van der Waals surface area contributed by atoms with Crippen molar-refractivity contribution in [2.45, 2.75) is 25.7 Å². The van der Waals surface area contributed by atoms with Crippen LogP contribution in [0.15, 0.2) is 29.6 Å². The summed E-state index contributed by atoms with van der Waals surface area (Å²) in [6.45, 7) is 2.72. The minimum absolute atomic E-state index is 0.0313. The van der Waals surface area contributed by atoms with Gasteiger partial charge in [0, 0.05) is 31.4 Å². The predicted octanol–water partition coefficient (Wildman–Crippen LogP) is 2.88. The van der Waals surface area contributed by atoms with Gasteiger partial charge in [-0.3, -0.25) is 4.79 Å². The molecule has 1 aliphatic rings. The molecule has 3 rings (SSSR count). The topological polar surface area (TPSA) is 63.7 Å². The van der Waals surface area contributed by atoms with E-state index < -0.39 is 0 Å². The molecular formula is C19H25N3O3S. The van der Waals surface area contributed by atoms with Crippen LogP contribution < -0.4 is 19.7 Å². The average Bonchev–Trinajstić information content (AvgIpc) is 3.16. The Morgan fingerprint density at radius 3 is 2.77 bits per heavy atom. The first-order valence-corrected chi connectivity index (χ1v) is 9.86. The fraction of sp³-hybridized carbons (Fsp3) is 0.474. The summed E-state index contributed by atoms with van der Waals surface area (Å²) in [5, 5.41) is 6.06. The molecule has 7 heteroatoms. The Labute approximate surface area is 158 Å². The smallest absolute Gasteiger partial charge is 0.257 e. The number of nitrogens with zero attached hydrogens (tertiary/aromatic N) is 2. The van der Waals surface area contributed by atoms with Crippen molar-refractivity contribution in [3.8, 4) is 11.5 Å². The van der Waals surface area contributed by atoms with Crippen LogP contribution in [0.4, 0.5) is 5.13 Å². The molecule has 140 valence electrons. The van der Waals surface area contributed by atoms with Crippen LogP contribution in [0.25, 0.3) is 0 Å². The van der Waals surface area contributed by atoms with Crippen LogP contribution in [0, 0.1) is 0 Å². The van der Waals surface area contributed by atoms with E-state index in [0.29, 0.717) is 18.0 Å². The Morgan fingerprint density at radius 2 is 2.00 bits per heavy atom. The molecule has 1 aliphatic heterocycles. The van der Waals surface area contributed by atoms with E-state index in [1.807, 2.05) is 12.1 Å². The number of ether oxygens (including phenoxy) is 2. The lowest BCUT2D eigenvalue weighted by molar-refractivity contribution is -0.123. The first kappa shape index (κ1) is 18.5. The van der Waals surface area contributed by atoms with Crippen molar-refractivity contribution < 1.29 is 14.3 Å². The number of carbonyl (C=O) groups is 1. The summed E-state index contributed by atoms with van der Waals surface area (Å²) in [5.74, 6) is 1.03. The molecule has 1 saturated heterocycles. The second-order valence-corrected chi connectivity index (χ2v) is 7.05. The van der Waals surface area contributed by atoms with Crippen molar-refractivity contribution in [1.29, 1.82) is 0 Å². The molecular weight excluding hydrogens is 350 g/mol. The lowest BCUT2D eigenvalue weighted by atomic mass is 10.1. The highest BCUT2D eigenvalue weighted by Gasteiger charge is 2.14. The number of piperidine rings is 1. The molecule has 0 radical (unpaired) electrons. The summed E-state index contributed by atoms with van der Waals surface area (Å²) in [6.07, 6.45) is 4.54. The third kappa shape index (κ3) is 5.11. The molecule has 26 heavy (non-hydrogen) atoms. The van der Waals surface area contributed by atoms with Gasteiger partial charge >= 0.3 is 0 Å². The maximum absolute atomic E-state index is 12.0. The van der Waals surface area contributed by atoms with Crippen molar-refractivity contribution in [3.63, 3.8) is 0 Å². The summed E-state index contributed by atoms with van der Waals surface area (Å²) >= 11 is 1.69. The summed E-state index contributed by atoms with van der Waals surface area (Å²) in [4.78, 5) is 19.0. The molecule has 0 unspecified atom stereocenters. The van der Waals surface area contributed by atoms with Gasteiger partial charge in [0.15, 0.2) is 23.2 Å². The van der Waals surface area contributed by atoms with E-state index in [9.17, 15) is 4.79 Å². The van der Waals surface area contributed by atoms with Gasteiger partial charge in [0.2, 0.25) is 0 Å². The molecule has 2 heterocycles. The van der Waals surface area contributed by atoms with E-state index in [-0.39, 0.29) is 12.5 Å². The number of thiazole rings is 1. The largest absolute Gasteiger partial charge is 0.493 e. The lowest BCUT2D eigenvalue weighted by Crippen LogP contribution is -2.31. The Morgan fingerprint density at radius 1 is 1.23 bits per heavy atom. The van der Waals surface area contributed by atoms with Gasteiger partial charge < -0.3 is 19.7 Å². The van der Waals surface area contributed by atoms with E-state index in [1.54, 1.807) is 30.6 Å². The molecule has 0 saturated carbocycles. The molecule has 2 aromatic rings. The molecule has 1 fully saturated rings. The number of hydrogen-bond donors (Lipinski definition) is 1. The highest BCUT2D eigenvalue weighted by Crippen LogP contribution is 2.26. The number of amides is 1.